The molecule has 7 heteroatoms. The number of aromatic nitrogens is 1. The summed E-state index contributed by atoms with van der Waals surface area (Å²) in [5.41, 5.74) is 0.258. The van der Waals surface area contributed by atoms with Gasteiger partial charge < -0.3 is 5.32 Å². The Balaban J connectivity index is 2.61. The summed E-state index contributed by atoms with van der Waals surface area (Å²) in [5, 5.41) is 10.4. The van der Waals surface area contributed by atoms with Crippen LogP contribution in [0.1, 0.15) is 12.0 Å². The number of carbonyl (C=O) groups is 1. The summed E-state index contributed by atoms with van der Waals surface area (Å²) >= 11 is 0. The van der Waals surface area contributed by atoms with Crippen LogP contribution in [0.25, 0.3) is 0 Å². The summed E-state index contributed by atoms with van der Waals surface area (Å²) < 4.78 is 35.4. The maximum absolute atomic E-state index is 11.8. The number of alkyl halides is 3. The fraction of sp³-hybridized carbons (Fsp3) is 0.222. The van der Waals surface area contributed by atoms with E-state index in [1.807, 2.05) is 5.32 Å². The number of pyridine rings is 1. The Morgan fingerprint density at radius 2 is 2.19 bits per heavy atom. The summed E-state index contributed by atoms with van der Waals surface area (Å²) in [7, 11) is 0. The molecule has 1 heterocycles. The average molecular weight is 229 g/mol. The lowest BCUT2D eigenvalue weighted by molar-refractivity contribution is -0.150. The number of nitrogens with zero attached hydrogens (tertiary/aromatic N) is 2. The molecule has 1 amide bonds. The molecule has 0 fully saturated rings. The zero-order valence-corrected chi connectivity index (χ0v) is 7.88. The molecule has 4 nitrogen and oxygen atoms in total. The molecular weight excluding hydrogens is 223 g/mol. The number of rotatable bonds is 2. The molecule has 0 bridgehead atoms. The van der Waals surface area contributed by atoms with Crippen molar-refractivity contribution in [1.82, 2.24) is 4.98 Å². The van der Waals surface area contributed by atoms with Gasteiger partial charge in [-0.1, -0.05) is 0 Å². The van der Waals surface area contributed by atoms with Crippen LogP contribution in [0, 0.1) is 11.3 Å². The third-order valence-electron chi connectivity index (χ3n) is 1.52. The molecule has 0 radical (unpaired) electrons. The Kier molecular flexibility index (Phi) is 3.45. The molecule has 0 aliphatic heterocycles. The van der Waals surface area contributed by atoms with E-state index < -0.39 is 18.5 Å². The van der Waals surface area contributed by atoms with Gasteiger partial charge in [-0.05, 0) is 12.1 Å². The van der Waals surface area contributed by atoms with Crippen LogP contribution in [0.5, 0.6) is 0 Å². The number of nitrogens with one attached hydrogen (secondary N) is 1. The fourth-order valence-corrected chi connectivity index (χ4v) is 0.903. The van der Waals surface area contributed by atoms with Gasteiger partial charge in [0.25, 0.3) is 0 Å². The minimum Gasteiger partial charge on any atom is -0.310 e. The zero-order chi connectivity index (χ0) is 12.2. The minimum absolute atomic E-state index is 0.0201. The van der Waals surface area contributed by atoms with Crippen LogP contribution in [0.2, 0.25) is 0 Å². The SMILES string of the molecule is N#Cc1ccc(NC(=O)CC(F)(F)F)nc1. The van der Waals surface area contributed by atoms with E-state index in [-0.39, 0.29) is 11.4 Å². The van der Waals surface area contributed by atoms with Crippen LogP contribution in [-0.4, -0.2) is 17.1 Å². The second-order valence-electron chi connectivity index (χ2n) is 2.88. The molecule has 84 valence electrons. The molecule has 1 rings (SSSR count). The lowest BCUT2D eigenvalue weighted by Gasteiger charge is -2.06. The van der Waals surface area contributed by atoms with Crippen molar-refractivity contribution in [2.45, 2.75) is 12.6 Å². The van der Waals surface area contributed by atoms with E-state index in [1.54, 1.807) is 6.07 Å². The van der Waals surface area contributed by atoms with E-state index in [4.69, 9.17) is 5.26 Å². The first-order valence-electron chi connectivity index (χ1n) is 4.13. The van der Waals surface area contributed by atoms with E-state index in [1.165, 1.54) is 12.1 Å². The number of halogens is 3. The summed E-state index contributed by atoms with van der Waals surface area (Å²) in [4.78, 5) is 14.4. The van der Waals surface area contributed by atoms with Crippen LogP contribution in [0.15, 0.2) is 18.3 Å². The highest BCUT2D eigenvalue weighted by Gasteiger charge is 2.31. The van der Waals surface area contributed by atoms with Gasteiger partial charge in [0.05, 0.1) is 5.56 Å². The van der Waals surface area contributed by atoms with Crippen molar-refractivity contribution in [1.29, 1.82) is 5.26 Å². The Labute approximate surface area is 88.7 Å². The predicted octanol–water partition coefficient (Wildman–Crippen LogP) is 1.84. The van der Waals surface area contributed by atoms with Gasteiger partial charge in [-0.2, -0.15) is 18.4 Å². The van der Waals surface area contributed by atoms with Crippen LogP contribution >= 0.6 is 0 Å². The van der Waals surface area contributed by atoms with Crippen molar-refractivity contribution < 1.29 is 18.0 Å². The maximum Gasteiger partial charge on any atom is 0.397 e. The van der Waals surface area contributed by atoms with Gasteiger partial charge >= 0.3 is 6.18 Å². The quantitative estimate of drug-likeness (QED) is 0.841. The van der Waals surface area contributed by atoms with Crippen molar-refractivity contribution in [3.63, 3.8) is 0 Å². The first-order valence-corrected chi connectivity index (χ1v) is 4.13. The second-order valence-corrected chi connectivity index (χ2v) is 2.88. The van der Waals surface area contributed by atoms with Crippen molar-refractivity contribution >= 4 is 11.7 Å². The number of carbonyl (C=O) groups excluding carboxylic acids is 1. The topological polar surface area (TPSA) is 65.8 Å². The molecule has 0 unspecified atom stereocenters. The molecular formula is C9H6F3N3O. The lowest BCUT2D eigenvalue weighted by Crippen LogP contribution is -2.21. The number of hydrogen-bond acceptors (Lipinski definition) is 3. The first kappa shape index (κ1) is 12.0. The van der Waals surface area contributed by atoms with Crippen molar-refractivity contribution in [3.8, 4) is 6.07 Å². The predicted molar refractivity (Wildman–Crippen MR) is 48.3 cm³/mol. The largest absolute Gasteiger partial charge is 0.397 e. The van der Waals surface area contributed by atoms with Gasteiger partial charge in [0, 0.05) is 6.20 Å². The number of hydrogen-bond donors (Lipinski definition) is 1. The molecule has 0 aromatic carbocycles. The van der Waals surface area contributed by atoms with Gasteiger partial charge in [-0.3, -0.25) is 4.79 Å². The normalized spacial score (nSPS) is 10.6. The lowest BCUT2D eigenvalue weighted by atomic mass is 10.3. The van der Waals surface area contributed by atoms with E-state index in [9.17, 15) is 18.0 Å². The zero-order valence-electron chi connectivity index (χ0n) is 7.88. The summed E-state index contributed by atoms with van der Waals surface area (Å²) in [5.74, 6) is -1.21. The van der Waals surface area contributed by atoms with E-state index in [0.29, 0.717) is 0 Å². The van der Waals surface area contributed by atoms with E-state index in [2.05, 4.69) is 4.98 Å². The summed E-state index contributed by atoms with van der Waals surface area (Å²) in [6.45, 7) is 0. The molecule has 0 saturated carbocycles. The molecule has 16 heavy (non-hydrogen) atoms. The van der Waals surface area contributed by atoms with Crippen LogP contribution < -0.4 is 5.32 Å². The highest BCUT2D eigenvalue weighted by Crippen LogP contribution is 2.19. The van der Waals surface area contributed by atoms with Gasteiger partial charge in [0.2, 0.25) is 5.91 Å². The third kappa shape index (κ3) is 3.96. The van der Waals surface area contributed by atoms with Crippen LogP contribution in [0.3, 0.4) is 0 Å². The Morgan fingerprint density at radius 3 is 2.62 bits per heavy atom. The summed E-state index contributed by atoms with van der Waals surface area (Å²) in [6.07, 6.45) is -4.95. The Hall–Kier alpha value is -2.10. The molecule has 1 aromatic heterocycles. The fourth-order valence-electron chi connectivity index (χ4n) is 0.903. The van der Waals surface area contributed by atoms with E-state index >= 15 is 0 Å². The molecule has 0 aliphatic rings. The van der Waals surface area contributed by atoms with Crippen molar-refractivity contribution in [3.05, 3.63) is 23.9 Å². The van der Waals surface area contributed by atoms with Crippen LogP contribution in [-0.2, 0) is 4.79 Å². The van der Waals surface area contributed by atoms with Crippen molar-refractivity contribution in [2.75, 3.05) is 5.32 Å². The number of nitriles is 1. The summed E-state index contributed by atoms with van der Waals surface area (Å²) in [6, 6.07) is 4.39. The minimum atomic E-state index is -4.54. The maximum atomic E-state index is 11.8. The average Bonchev–Trinajstić information content (AvgIpc) is 2.16. The van der Waals surface area contributed by atoms with Gasteiger partial charge in [-0.25, -0.2) is 4.98 Å². The molecule has 1 aromatic rings. The standard InChI is InChI=1S/C9H6F3N3O/c10-9(11,12)3-8(16)15-7-2-1-6(4-13)5-14-7/h1-2,5H,3H2,(H,14,15,16). The van der Waals surface area contributed by atoms with Crippen molar-refractivity contribution in [2.24, 2.45) is 0 Å². The molecule has 1 N–H and O–H groups in total. The number of amides is 1. The monoisotopic (exact) mass is 229 g/mol. The second kappa shape index (κ2) is 4.61. The van der Waals surface area contributed by atoms with Gasteiger partial charge in [0.1, 0.15) is 18.3 Å². The Morgan fingerprint density at radius 1 is 1.50 bits per heavy atom. The number of anilines is 1. The molecule has 0 spiro atoms. The van der Waals surface area contributed by atoms with E-state index in [0.717, 1.165) is 6.20 Å². The molecule has 0 saturated heterocycles. The highest BCUT2D eigenvalue weighted by atomic mass is 19.4. The molecule has 0 atom stereocenters. The third-order valence-corrected chi connectivity index (χ3v) is 1.52. The van der Waals surface area contributed by atoms with Gasteiger partial charge in [0.15, 0.2) is 0 Å². The first-order chi connectivity index (χ1) is 7.40. The van der Waals surface area contributed by atoms with Gasteiger partial charge in [-0.15, -0.1) is 0 Å². The Bertz CT molecular complexity index is 419. The smallest absolute Gasteiger partial charge is 0.310 e. The molecule has 0 aliphatic carbocycles. The van der Waals surface area contributed by atoms with Crippen LogP contribution in [0.4, 0.5) is 19.0 Å². The highest BCUT2D eigenvalue weighted by molar-refractivity contribution is 5.90.